The molecule has 0 N–H and O–H groups in total. The van der Waals surface area contributed by atoms with Gasteiger partial charge in [-0.05, 0) is 31.9 Å². The standard InChI is InChI=1S/C17H22ClN3O/c1-2-21-13-14(11-19-21)12-20-9-7-15(8-10-20)22-17-6-4-3-5-16(17)18/h3-6,11,13,15H,2,7-10,12H2,1H3. The number of likely N-dealkylation sites (tertiary alicyclic amines) is 1. The van der Waals surface area contributed by atoms with Crippen LogP contribution < -0.4 is 4.74 Å². The molecule has 0 saturated carbocycles. The molecule has 0 radical (unpaired) electrons. The summed E-state index contributed by atoms with van der Waals surface area (Å²) in [5, 5.41) is 5.02. The number of para-hydroxylation sites is 1. The van der Waals surface area contributed by atoms with Crippen molar-refractivity contribution < 1.29 is 4.74 Å². The van der Waals surface area contributed by atoms with Crippen LogP contribution in [0.1, 0.15) is 25.3 Å². The molecule has 3 rings (SSSR count). The average molecular weight is 320 g/mol. The van der Waals surface area contributed by atoms with E-state index in [1.807, 2.05) is 35.1 Å². The van der Waals surface area contributed by atoms with Crippen molar-refractivity contribution in [2.24, 2.45) is 0 Å². The van der Waals surface area contributed by atoms with Crippen LogP contribution in [0, 0.1) is 0 Å². The first-order valence-corrected chi connectivity index (χ1v) is 8.27. The van der Waals surface area contributed by atoms with Crippen molar-refractivity contribution in [2.45, 2.75) is 39.0 Å². The first-order valence-electron chi connectivity index (χ1n) is 7.89. The third kappa shape index (κ3) is 3.81. The van der Waals surface area contributed by atoms with Crippen molar-refractivity contribution in [2.75, 3.05) is 13.1 Å². The van der Waals surface area contributed by atoms with Crippen LogP contribution >= 0.6 is 11.6 Å². The number of hydrogen-bond acceptors (Lipinski definition) is 3. The summed E-state index contributed by atoms with van der Waals surface area (Å²) < 4.78 is 8.01. The van der Waals surface area contributed by atoms with E-state index in [-0.39, 0.29) is 6.10 Å². The number of rotatable bonds is 5. The van der Waals surface area contributed by atoms with Gasteiger partial charge in [0, 0.05) is 37.9 Å². The highest BCUT2D eigenvalue weighted by atomic mass is 35.5. The van der Waals surface area contributed by atoms with E-state index in [1.165, 1.54) is 5.56 Å². The molecule has 2 heterocycles. The highest BCUT2D eigenvalue weighted by Crippen LogP contribution is 2.27. The van der Waals surface area contributed by atoms with Crippen LogP contribution in [0.4, 0.5) is 0 Å². The topological polar surface area (TPSA) is 30.3 Å². The van der Waals surface area contributed by atoms with E-state index < -0.39 is 0 Å². The molecule has 0 atom stereocenters. The van der Waals surface area contributed by atoms with E-state index in [2.05, 4.69) is 23.1 Å². The van der Waals surface area contributed by atoms with Crippen LogP contribution in [0.5, 0.6) is 5.75 Å². The molecule has 22 heavy (non-hydrogen) atoms. The SMILES string of the molecule is CCn1cc(CN2CCC(Oc3ccccc3Cl)CC2)cn1. The van der Waals surface area contributed by atoms with Gasteiger partial charge in [-0.25, -0.2) is 0 Å². The van der Waals surface area contributed by atoms with Gasteiger partial charge >= 0.3 is 0 Å². The minimum absolute atomic E-state index is 0.259. The Bertz CT molecular complexity index is 605. The van der Waals surface area contributed by atoms with Gasteiger partial charge in [-0.3, -0.25) is 9.58 Å². The monoisotopic (exact) mass is 319 g/mol. The van der Waals surface area contributed by atoms with Gasteiger partial charge in [0.15, 0.2) is 0 Å². The Morgan fingerprint density at radius 2 is 2.05 bits per heavy atom. The minimum atomic E-state index is 0.259. The third-order valence-corrected chi connectivity index (χ3v) is 4.39. The van der Waals surface area contributed by atoms with Crippen LogP contribution in [0.15, 0.2) is 36.7 Å². The summed E-state index contributed by atoms with van der Waals surface area (Å²) in [4.78, 5) is 2.46. The molecule has 1 aromatic heterocycles. The second-order valence-electron chi connectivity index (χ2n) is 5.73. The summed E-state index contributed by atoms with van der Waals surface area (Å²) in [6.45, 7) is 6.10. The first kappa shape index (κ1) is 15.4. The summed E-state index contributed by atoms with van der Waals surface area (Å²) in [5.74, 6) is 0.798. The van der Waals surface area contributed by atoms with E-state index in [9.17, 15) is 0 Å². The van der Waals surface area contributed by atoms with Gasteiger partial charge in [-0.2, -0.15) is 5.10 Å². The Hall–Kier alpha value is -1.52. The van der Waals surface area contributed by atoms with Crippen LogP contribution in [-0.4, -0.2) is 33.9 Å². The summed E-state index contributed by atoms with van der Waals surface area (Å²) in [6, 6.07) is 7.70. The Kier molecular flexibility index (Phi) is 5.01. The molecular formula is C17H22ClN3O. The highest BCUT2D eigenvalue weighted by Gasteiger charge is 2.21. The van der Waals surface area contributed by atoms with Crippen molar-refractivity contribution in [3.63, 3.8) is 0 Å². The summed E-state index contributed by atoms with van der Waals surface area (Å²) >= 11 is 6.15. The largest absolute Gasteiger partial charge is 0.489 e. The molecule has 2 aromatic rings. The lowest BCUT2D eigenvalue weighted by Crippen LogP contribution is -2.37. The van der Waals surface area contributed by atoms with Gasteiger partial charge in [0.2, 0.25) is 0 Å². The zero-order valence-corrected chi connectivity index (χ0v) is 13.7. The summed E-state index contributed by atoms with van der Waals surface area (Å²) in [5.41, 5.74) is 1.28. The molecule has 0 unspecified atom stereocenters. The summed E-state index contributed by atoms with van der Waals surface area (Å²) in [7, 11) is 0. The molecule has 0 amide bonds. The van der Waals surface area contributed by atoms with Crippen LogP contribution in [-0.2, 0) is 13.1 Å². The maximum absolute atomic E-state index is 6.15. The van der Waals surface area contributed by atoms with Gasteiger partial charge < -0.3 is 4.74 Å². The second-order valence-corrected chi connectivity index (χ2v) is 6.14. The van der Waals surface area contributed by atoms with E-state index in [1.54, 1.807) is 0 Å². The number of aryl methyl sites for hydroxylation is 1. The van der Waals surface area contributed by atoms with E-state index >= 15 is 0 Å². The molecule has 118 valence electrons. The predicted octanol–water partition coefficient (Wildman–Crippen LogP) is 3.60. The fourth-order valence-corrected chi connectivity index (χ4v) is 3.00. The molecule has 4 nitrogen and oxygen atoms in total. The number of benzene rings is 1. The number of aromatic nitrogens is 2. The maximum atomic E-state index is 6.15. The molecule has 0 aliphatic carbocycles. The number of ether oxygens (including phenoxy) is 1. The zero-order chi connectivity index (χ0) is 15.4. The average Bonchev–Trinajstić information content (AvgIpc) is 2.99. The zero-order valence-electron chi connectivity index (χ0n) is 12.9. The van der Waals surface area contributed by atoms with Gasteiger partial charge in [-0.1, -0.05) is 23.7 Å². The third-order valence-electron chi connectivity index (χ3n) is 4.08. The normalized spacial score (nSPS) is 16.8. The van der Waals surface area contributed by atoms with Gasteiger partial charge in [0.25, 0.3) is 0 Å². The quantitative estimate of drug-likeness (QED) is 0.843. The molecule has 1 aromatic carbocycles. The molecule has 1 aliphatic heterocycles. The fraction of sp³-hybridized carbons (Fsp3) is 0.471. The maximum Gasteiger partial charge on any atom is 0.138 e. The lowest BCUT2D eigenvalue weighted by atomic mass is 10.1. The lowest BCUT2D eigenvalue weighted by Gasteiger charge is -2.32. The summed E-state index contributed by atoms with van der Waals surface area (Å²) in [6.07, 6.45) is 6.43. The lowest BCUT2D eigenvalue weighted by molar-refractivity contribution is 0.0968. The first-order chi connectivity index (χ1) is 10.7. The van der Waals surface area contributed by atoms with Gasteiger partial charge in [-0.15, -0.1) is 0 Å². The minimum Gasteiger partial charge on any atom is -0.489 e. The number of piperidine rings is 1. The van der Waals surface area contributed by atoms with E-state index in [0.717, 1.165) is 44.8 Å². The highest BCUT2D eigenvalue weighted by molar-refractivity contribution is 6.32. The Morgan fingerprint density at radius 1 is 1.27 bits per heavy atom. The van der Waals surface area contributed by atoms with E-state index in [0.29, 0.717) is 5.02 Å². The Labute approximate surface area is 136 Å². The Morgan fingerprint density at radius 3 is 2.73 bits per heavy atom. The predicted molar refractivity (Wildman–Crippen MR) is 88.3 cm³/mol. The fourth-order valence-electron chi connectivity index (χ4n) is 2.82. The molecule has 0 spiro atoms. The van der Waals surface area contributed by atoms with Crippen molar-refractivity contribution in [1.82, 2.24) is 14.7 Å². The van der Waals surface area contributed by atoms with Crippen molar-refractivity contribution in [1.29, 1.82) is 0 Å². The molecule has 1 fully saturated rings. The van der Waals surface area contributed by atoms with Gasteiger partial charge in [0.1, 0.15) is 11.9 Å². The van der Waals surface area contributed by atoms with Gasteiger partial charge in [0.05, 0.1) is 11.2 Å². The van der Waals surface area contributed by atoms with Crippen molar-refractivity contribution >= 4 is 11.6 Å². The molecule has 1 saturated heterocycles. The van der Waals surface area contributed by atoms with Crippen molar-refractivity contribution in [3.05, 3.63) is 47.2 Å². The molecular weight excluding hydrogens is 298 g/mol. The van der Waals surface area contributed by atoms with Crippen LogP contribution in [0.2, 0.25) is 5.02 Å². The smallest absolute Gasteiger partial charge is 0.138 e. The second kappa shape index (κ2) is 7.16. The van der Waals surface area contributed by atoms with Crippen molar-refractivity contribution in [3.8, 4) is 5.75 Å². The van der Waals surface area contributed by atoms with E-state index in [4.69, 9.17) is 16.3 Å². The Balaban J connectivity index is 1.49. The molecule has 1 aliphatic rings. The molecule has 5 heteroatoms. The number of nitrogens with zero attached hydrogens (tertiary/aromatic N) is 3. The number of halogens is 1. The number of hydrogen-bond donors (Lipinski definition) is 0. The van der Waals surface area contributed by atoms with Crippen LogP contribution in [0.3, 0.4) is 0 Å². The molecule has 0 bridgehead atoms. The van der Waals surface area contributed by atoms with Crippen LogP contribution in [0.25, 0.3) is 0 Å².